The van der Waals surface area contributed by atoms with Crippen LogP contribution in [0.1, 0.15) is 71.1 Å². The Morgan fingerprint density at radius 3 is 2.93 bits per heavy atom. The predicted octanol–water partition coefficient (Wildman–Crippen LogP) is 6.46. The van der Waals surface area contributed by atoms with E-state index < -0.39 is 5.97 Å². The maximum absolute atomic E-state index is 11.5. The summed E-state index contributed by atoms with van der Waals surface area (Å²) in [4.78, 5) is 11.5. The van der Waals surface area contributed by atoms with Gasteiger partial charge in [-0.3, -0.25) is 0 Å². The number of hydrogen-bond acceptors (Lipinski definition) is 4. The van der Waals surface area contributed by atoms with Crippen molar-refractivity contribution in [3.05, 3.63) is 70.6 Å². The first kappa shape index (κ1) is 21.2. The van der Waals surface area contributed by atoms with Gasteiger partial charge in [-0.2, -0.15) is 0 Å². The summed E-state index contributed by atoms with van der Waals surface area (Å²) in [5, 5.41) is 9.91. The largest absolute Gasteiger partial charge is 0.504 e. The molecule has 0 saturated heterocycles. The van der Waals surface area contributed by atoms with Crippen molar-refractivity contribution in [3.63, 3.8) is 0 Å². The molecule has 2 unspecified atom stereocenters. The van der Waals surface area contributed by atoms with Crippen LogP contribution in [-0.4, -0.2) is 11.1 Å². The molecule has 4 nitrogen and oxygen atoms in total. The predicted molar refractivity (Wildman–Crippen MR) is 114 cm³/mol. The monoisotopic (exact) mass is 396 g/mol. The Bertz CT molecular complexity index is 880. The van der Waals surface area contributed by atoms with E-state index in [4.69, 9.17) is 9.15 Å². The molecule has 0 saturated carbocycles. The number of carbonyl (C=O) groups excluding carboxylic acids is 1. The lowest BCUT2D eigenvalue weighted by molar-refractivity contribution is -0.133. The lowest BCUT2D eigenvalue weighted by Gasteiger charge is -2.29. The van der Waals surface area contributed by atoms with Crippen LogP contribution < -0.4 is 0 Å². The fourth-order valence-electron chi connectivity index (χ4n) is 4.12. The second kappa shape index (κ2) is 8.89. The van der Waals surface area contributed by atoms with E-state index in [0.29, 0.717) is 5.76 Å². The molecule has 0 fully saturated rings. The number of aliphatic hydroxyl groups excluding tert-OH is 1. The highest BCUT2D eigenvalue weighted by Crippen LogP contribution is 2.39. The minimum Gasteiger partial charge on any atom is -0.504 e. The lowest BCUT2D eigenvalue weighted by atomic mass is 9.75. The minimum atomic E-state index is -0.458. The SMILES string of the molecule is CC1=C(O)/C(=C\C(C)CCC/C(C)=C/C=C/C2(C)CCCc3ccoc32)OC1=O. The zero-order valence-electron chi connectivity index (χ0n) is 18.0. The molecule has 1 aromatic heterocycles. The van der Waals surface area contributed by atoms with Gasteiger partial charge in [0.2, 0.25) is 0 Å². The second-order valence-electron chi connectivity index (χ2n) is 8.68. The van der Waals surface area contributed by atoms with E-state index in [1.807, 2.05) is 12.3 Å². The molecule has 0 radical (unpaired) electrons. The maximum Gasteiger partial charge on any atom is 0.343 e. The number of aryl methyl sites for hydroxylation is 1. The maximum atomic E-state index is 11.5. The molecule has 1 aliphatic carbocycles. The van der Waals surface area contributed by atoms with Crippen molar-refractivity contribution in [1.82, 2.24) is 0 Å². The molecule has 156 valence electrons. The number of allylic oxidation sites excluding steroid dienone is 5. The van der Waals surface area contributed by atoms with E-state index in [0.717, 1.165) is 37.9 Å². The van der Waals surface area contributed by atoms with Crippen LogP contribution in [0, 0.1) is 5.92 Å². The van der Waals surface area contributed by atoms with Crippen molar-refractivity contribution in [1.29, 1.82) is 0 Å². The van der Waals surface area contributed by atoms with Crippen LogP contribution in [0.5, 0.6) is 0 Å². The van der Waals surface area contributed by atoms with Gasteiger partial charge in [0.15, 0.2) is 11.5 Å². The fraction of sp³-hybridized carbons (Fsp3) is 0.480. The van der Waals surface area contributed by atoms with Crippen LogP contribution in [0.3, 0.4) is 0 Å². The van der Waals surface area contributed by atoms with Crippen LogP contribution >= 0.6 is 0 Å². The lowest BCUT2D eigenvalue weighted by Crippen LogP contribution is -2.23. The van der Waals surface area contributed by atoms with Gasteiger partial charge in [0.05, 0.1) is 11.8 Å². The Hall–Kier alpha value is -2.49. The molecule has 0 bridgehead atoms. The van der Waals surface area contributed by atoms with Crippen molar-refractivity contribution in [3.8, 4) is 0 Å². The second-order valence-corrected chi connectivity index (χ2v) is 8.68. The molecular weight excluding hydrogens is 364 g/mol. The van der Waals surface area contributed by atoms with Gasteiger partial charge < -0.3 is 14.3 Å². The summed E-state index contributed by atoms with van der Waals surface area (Å²) in [7, 11) is 0. The first-order valence-electron chi connectivity index (χ1n) is 10.6. The summed E-state index contributed by atoms with van der Waals surface area (Å²) < 4.78 is 10.9. The highest BCUT2D eigenvalue weighted by Gasteiger charge is 2.32. The normalized spacial score (nSPS) is 25.0. The third kappa shape index (κ3) is 4.92. The standard InChI is InChI=1S/C25H32O4/c1-17(8-5-9-18(2)16-21-22(26)19(3)24(27)29-21)10-6-13-25(4)14-7-11-20-12-15-28-23(20)25/h6,10,12-13,15-16,18,26H,5,7-9,11,14H2,1-4H3/b13-6+,17-10+,21-16+. The zero-order chi connectivity index (χ0) is 21.0. The van der Waals surface area contributed by atoms with Crippen LogP contribution in [0.4, 0.5) is 0 Å². The van der Waals surface area contributed by atoms with E-state index in [2.05, 4.69) is 45.1 Å². The first-order valence-corrected chi connectivity index (χ1v) is 10.6. The zero-order valence-corrected chi connectivity index (χ0v) is 18.0. The van der Waals surface area contributed by atoms with E-state index in [-0.39, 0.29) is 22.7 Å². The quantitative estimate of drug-likeness (QED) is 0.425. The van der Waals surface area contributed by atoms with E-state index in [9.17, 15) is 9.90 Å². The summed E-state index contributed by atoms with van der Waals surface area (Å²) >= 11 is 0. The highest BCUT2D eigenvalue weighted by atomic mass is 16.6. The van der Waals surface area contributed by atoms with Gasteiger partial charge in [-0.15, -0.1) is 0 Å². The molecule has 1 aliphatic heterocycles. The van der Waals surface area contributed by atoms with Gasteiger partial charge >= 0.3 is 5.97 Å². The van der Waals surface area contributed by atoms with Crippen LogP contribution in [0.15, 0.2) is 63.7 Å². The van der Waals surface area contributed by atoms with Crippen molar-refractivity contribution in [2.75, 3.05) is 0 Å². The Kier molecular flexibility index (Phi) is 6.51. The average Bonchev–Trinajstić information content (AvgIpc) is 3.24. The molecule has 2 atom stereocenters. The molecular formula is C25H32O4. The smallest absolute Gasteiger partial charge is 0.343 e. The number of hydrogen-bond donors (Lipinski definition) is 1. The minimum absolute atomic E-state index is 0.0130. The summed E-state index contributed by atoms with van der Waals surface area (Å²) in [5.41, 5.74) is 2.95. The average molecular weight is 397 g/mol. The molecule has 29 heavy (non-hydrogen) atoms. The third-order valence-corrected chi connectivity index (χ3v) is 6.02. The number of cyclic esters (lactones) is 1. The van der Waals surface area contributed by atoms with Gasteiger partial charge in [-0.05, 0) is 82.9 Å². The van der Waals surface area contributed by atoms with E-state index >= 15 is 0 Å². The molecule has 1 N–H and O–H groups in total. The molecule has 3 rings (SSSR count). The molecule has 2 heterocycles. The summed E-state index contributed by atoms with van der Waals surface area (Å²) in [6.45, 7) is 8.06. The van der Waals surface area contributed by atoms with Gasteiger partial charge in [-0.1, -0.05) is 30.7 Å². The Balaban J connectivity index is 1.49. The van der Waals surface area contributed by atoms with Crippen molar-refractivity contribution in [2.45, 2.75) is 71.6 Å². The Morgan fingerprint density at radius 2 is 2.21 bits per heavy atom. The molecule has 4 heteroatoms. The van der Waals surface area contributed by atoms with Crippen LogP contribution in [0.25, 0.3) is 0 Å². The Labute approximate surface area is 173 Å². The van der Waals surface area contributed by atoms with Crippen molar-refractivity contribution in [2.24, 2.45) is 5.92 Å². The van der Waals surface area contributed by atoms with Gasteiger partial charge in [0.1, 0.15) is 5.76 Å². The molecule has 0 aromatic carbocycles. The van der Waals surface area contributed by atoms with Crippen molar-refractivity contribution >= 4 is 5.97 Å². The summed E-state index contributed by atoms with van der Waals surface area (Å²) in [6.07, 6.45) is 16.7. The molecule has 2 aliphatic rings. The van der Waals surface area contributed by atoms with Gasteiger partial charge in [0.25, 0.3) is 0 Å². The molecule has 1 aromatic rings. The summed E-state index contributed by atoms with van der Waals surface area (Å²) in [6, 6.07) is 2.10. The Morgan fingerprint density at radius 1 is 1.41 bits per heavy atom. The van der Waals surface area contributed by atoms with E-state index in [1.165, 1.54) is 17.6 Å². The number of rotatable bonds is 7. The van der Waals surface area contributed by atoms with E-state index in [1.54, 1.807) is 6.92 Å². The number of esters is 1. The third-order valence-electron chi connectivity index (χ3n) is 6.02. The number of aliphatic hydroxyl groups is 1. The highest BCUT2D eigenvalue weighted by molar-refractivity contribution is 5.93. The molecule has 0 amide bonds. The van der Waals surface area contributed by atoms with Crippen LogP contribution in [-0.2, 0) is 21.4 Å². The molecule has 0 spiro atoms. The van der Waals surface area contributed by atoms with Gasteiger partial charge in [0, 0.05) is 5.41 Å². The number of fused-ring (bicyclic) bond motifs is 1. The van der Waals surface area contributed by atoms with Gasteiger partial charge in [-0.25, -0.2) is 4.79 Å². The first-order chi connectivity index (χ1) is 13.8. The summed E-state index contributed by atoms with van der Waals surface area (Å²) in [5.74, 6) is 1.16. The van der Waals surface area contributed by atoms with Crippen molar-refractivity contribution < 1.29 is 19.1 Å². The van der Waals surface area contributed by atoms with Crippen LogP contribution in [0.2, 0.25) is 0 Å². The topological polar surface area (TPSA) is 59.7 Å². The number of furan rings is 1. The fourth-order valence-corrected chi connectivity index (χ4v) is 4.12. The number of carbonyl (C=O) groups is 1. The number of ether oxygens (including phenoxy) is 1.